The predicted molar refractivity (Wildman–Crippen MR) is 98.4 cm³/mol. The molecule has 0 radical (unpaired) electrons. The van der Waals surface area contributed by atoms with Gasteiger partial charge in [-0.1, -0.05) is 57.5 Å². The summed E-state index contributed by atoms with van der Waals surface area (Å²) in [6, 6.07) is 9.06. The molecular weight excluding hydrogens is 332 g/mol. The Hall–Kier alpha value is -1.88. The molecule has 5 nitrogen and oxygen atoms in total. The molecular formula is C21H30O5. The molecule has 1 saturated carbocycles. The van der Waals surface area contributed by atoms with Gasteiger partial charge in [0.1, 0.15) is 6.10 Å². The first-order valence-corrected chi connectivity index (χ1v) is 9.36. The van der Waals surface area contributed by atoms with Gasteiger partial charge < -0.3 is 14.2 Å². The number of hydrogen-bond acceptors (Lipinski definition) is 5. The van der Waals surface area contributed by atoms with Crippen LogP contribution in [0.5, 0.6) is 0 Å². The van der Waals surface area contributed by atoms with Crippen molar-refractivity contribution in [3.63, 3.8) is 0 Å². The Labute approximate surface area is 156 Å². The summed E-state index contributed by atoms with van der Waals surface area (Å²) in [6.07, 6.45) is 2.15. The zero-order chi connectivity index (χ0) is 19.1. The summed E-state index contributed by atoms with van der Waals surface area (Å²) in [5, 5.41) is 0. The number of benzene rings is 1. The van der Waals surface area contributed by atoms with Crippen LogP contribution in [0.25, 0.3) is 0 Å². The number of methoxy groups -OCH3 is 1. The van der Waals surface area contributed by atoms with Crippen LogP contribution in [0.3, 0.4) is 0 Å². The van der Waals surface area contributed by atoms with E-state index in [1.165, 1.54) is 13.5 Å². The second-order valence-electron chi connectivity index (χ2n) is 7.49. The minimum atomic E-state index is -0.845. The van der Waals surface area contributed by atoms with Gasteiger partial charge in [-0.05, 0) is 36.2 Å². The smallest absolute Gasteiger partial charge is 0.344 e. The molecule has 1 fully saturated rings. The van der Waals surface area contributed by atoms with Gasteiger partial charge >= 0.3 is 11.9 Å². The first-order valence-electron chi connectivity index (χ1n) is 9.36. The van der Waals surface area contributed by atoms with Crippen molar-refractivity contribution < 1.29 is 23.8 Å². The molecule has 5 heteroatoms. The highest BCUT2D eigenvalue weighted by atomic mass is 16.6. The molecule has 0 aromatic heterocycles. The van der Waals surface area contributed by atoms with Gasteiger partial charge in [0.15, 0.2) is 12.7 Å². The van der Waals surface area contributed by atoms with Crippen molar-refractivity contribution in [2.75, 3.05) is 13.7 Å². The van der Waals surface area contributed by atoms with Crippen LogP contribution in [0, 0.1) is 17.8 Å². The molecule has 0 unspecified atom stereocenters. The summed E-state index contributed by atoms with van der Waals surface area (Å²) >= 11 is 0. The molecule has 0 N–H and O–H groups in total. The lowest BCUT2D eigenvalue weighted by molar-refractivity contribution is -0.171. The normalized spacial score (nSPS) is 24.1. The van der Waals surface area contributed by atoms with E-state index in [0.717, 1.165) is 12.8 Å². The van der Waals surface area contributed by atoms with E-state index in [4.69, 9.17) is 14.2 Å². The standard InChI is InChI=1S/C21H30O5/c1-14(2)17-11-10-15(3)12-18(17)26-19(22)13-25-21(23)20(24-4)16-8-6-5-7-9-16/h5-9,14-15,17-18,20H,10-13H2,1-4H3/t15-,17+,18-,20+/m1/s1. The molecule has 0 aliphatic heterocycles. The average molecular weight is 362 g/mol. The number of hydrogen-bond donors (Lipinski definition) is 0. The number of carbonyl (C=O) groups excluding carboxylic acids is 2. The Morgan fingerprint density at radius 2 is 1.85 bits per heavy atom. The second kappa shape index (κ2) is 9.72. The topological polar surface area (TPSA) is 61.8 Å². The number of ether oxygens (including phenoxy) is 3. The van der Waals surface area contributed by atoms with Crippen molar-refractivity contribution in [3.8, 4) is 0 Å². The Morgan fingerprint density at radius 3 is 2.46 bits per heavy atom. The first kappa shape index (κ1) is 20.4. The van der Waals surface area contributed by atoms with Crippen LogP contribution in [0.2, 0.25) is 0 Å². The molecule has 1 aliphatic carbocycles. The van der Waals surface area contributed by atoms with Crippen LogP contribution >= 0.6 is 0 Å². The monoisotopic (exact) mass is 362 g/mol. The Balaban J connectivity index is 1.88. The van der Waals surface area contributed by atoms with Gasteiger partial charge in [-0.3, -0.25) is 0 Å². The summed E-state index contributed by atoms with van der Waals surface area (Å²) in [4.78, 5) is 24.4. The van der Waals surface area contributed by atoms with Gasteiger partial charge in [0.25, 0.3) is 0 Å². The highest BCUT2D eigenvalue weighted by Gasteiger charge is 2.33. The molecule has 26 heavy (non-hydrogen) atoms. The van der Waals surface area contributed by atoms with E-state index in [1.54, 1.807) is 12.1 Å². The van der Waals surface area contributed by atoms with Crippen molar-refractivity contribution in [2.24, 2.45) is 17.8 Å². The highest BCUT2D eigenvalue weighted by Crippen LogP contribution is 2.35. The largest absolute Gasteiger partial charge is 0.460 e. The minimum Gasteiger partial charge on any atom is -0.460 e. The molecule has 0 saturated heterocycles. The molecule has 1 aromatic rings. The van der Waals surface area contributed by atoms with E-state index in [1.807, 2.05) is 18.2 Å². The Kier molecular flexibility index (Phi) is 7.64. The van der Waals surface area contributed by atoms with E-state index in [2.05, 4.69) is 20.8 Å². The fourth-order valence-corrected chi connectivity index (χ4v) is 3.66. The third kappa shape index (κ3) is 5.56. The van der Waals surface area contributed by atoms with Crippen LogP contribution < -0.4 is 0 Å². The summed E-state index contributed by atoms with van der Waals surface area (Å²) in [5.74, 6) is 0.279. The maximum Gasteiger partial charge on any atom is 0.344 e. The highest BCUT2D eigenvalue weighted by molar-refractivity contribution is 5.80. The van der Waals surface area contributed by atoms with Crippen LogP contribution in [-0.2, 0) is 23.8 Å². The van der Waals surface area contributed by atoms with Gasteiger partial charge in [0.05, 0.1) is 0 Å². The summed E-state index contributed by atoms with van der Waals surface area (Å²) < 4.78 is 16.0. The van der Waals surface area contributed by atoms with Crippen molar-refractivity contribution >= 4 is 11.9 Å². The maximum atomic E-state index is 12.2. The minimum absolute atomic E-state index is 0.0997. The van der Waals surface area contributed by atoms with E-state index in [0.29, 0.717) is 23.3 Å². The molecule has 0 spiro atoms. The molecule has 0 bridgehead atoms. The van der Waals surface area contributed by atoms with Crippen molar-refractivity contribution in [2.45, 2.75) is 52.2 Å². The molecule has 0 amide bonds. The Bertz CT molecular complexity index is 583. The maximum absolute atomic E-state index is 12.2. The Morgan fingerprint density at radius 1 is 1.15 bits per heavy atom. The summed E-state index contributed by atoms with van der Waals surface area (Å²) in [6.45, 7) is 6.11. The van der Waals surface area contributed by atoms with Crippen LogP contribution in [0.1, 0.15) is 51.7 Å². The summed E-state index contributed by atoms with van der Waals surface area (Å²) in [7, 11) is 1.44. The van der Waals surface area contributed by atoms with E-state index >= 15 is 0 Å². The van der Waals surface area contributed by atoms with Gasteiger partial charge in [-0.2, -0.15) is 0 Å². The SMILES string of the molecule is CO[C@H](C(=O)OCC(=O)O[C@@H]1C[C@H](C)CC[C@H]1C(C)C)c1ccccc1. The summed E-state index contributed by atoms with van der Waals surface area (Å²) in [5.41, 5.74) is 0.689. The first-order chi connectivity index (χ1) is 12.4. The van der Waals surface area contributed by atoms with Crippen LogP contribution in [-0.4, -0.2) is 31.8 Å². The lowest BCUT2D eigenvalue weighted by Gasteiger charge is -2.36. The zero-order valence-corrected chi connectivity index (χ0v) is 16.1. The third-order valence-electron chi connectivity index (χ3n) is 5.13. The molecule has 2 rings (SSSR count). The molecule has 4 atom stereocenters. The van der Waals surface area contributed by atoms with Crippen molar-refractivity contribution in [1.29, 1.82) is 0 Å². The van der Waals surface area contributed by atoms with Crippen molar-refractivity contribution in [3.05, 3.63) is 35.9 Å². The predicted octanol–water partition coefficient (Wildman–Crippen LogP) is 3.92. The number of carbonyl (C=O) groups is 2. The zero-order valence-electron chi connectivity index (χ0n) is 16.1. The fraction of sp³-hybridized carbons (Fsp3) is 0.619. The average Bonchev–Trinajstić information content (AvgIpc) is 2.61. The molecule has 144 valence electrons. The lowest BCUT2D eigenvalue weighted by Crippen LogP contribution is -2.37. The lowest BCUT2D eigenvalue weighted by atomic mass is 9.75. The van der Waals surface area contributed by atoms with Crippen molar-refractivity contribution in [1.82, 2.24) is 0 Å². The van der Waals surface area contributed by atoms with E-state index in [9.17, 15) is 9.59 Å². The fourth-order valence-electron chi connectivity index (χ4n) is 3.66. The van der Waals surface area contributed by atoms with Crippen LogP contribution in [0.4, 0.5) is 0 Å². The van der Waals surface area contributed by atoms with E-state index in [-0.39, 0.29) is 12.7 Å². The number of rotatable bonds is 7. The van der Waals surface area contributed by atoms with Gasteiger partial charge in [-0.15, -0.1) is 0 Å². The van der Waals surface area contributed by atoms with Gasteiger partial charge in [-0.25, -0.2) is 9.59 Å². The quantitative estimate of drug-likeness (QED) is 0.688. The van der Waals surface area contributed by atoms with E-state index < -0.39 is 18.0 Å². The second-order valence-corrected chi connectivity index (χ2v) is 7.49. The molecule has 1 aromatic carbocycles. The van der Waals surface area contributed by atoms with Gasteiger partial charge in [0, 0.05) is 7.11 Å². The van der Waals surface area contributed by atoms with Gasteiger partial charge in [0.2, 0.25) is 0 Å². The third-order valence-corrected chi connectivity index (χ3v) is 5.13. The number of esters is 2. The van der Waals surface area contributed by atoms with Crippen LogP contribution in [0.15, 0.2) is 30.3 Å². The molecule has 1 aliphatic rings. The molecule has 0 heterocycles.